The normalized spacial score (nSPS) is 18.1. The van der Waals surface area contributed by atoms with Gasteiger partial charge in [0.15, 0.2) is 0 Å². The van der Waals surface area contributed by atoms with E-state index in [1.54, 1.807) is 0 Å². The van der Waals surface area contributed by atoms with E-state index in [0.29, 0.717) is 0 Å². The summed E-state index contributed by atoms with van der Waals surface area (Å²) in [6.45, 7) is 5.52. The Labute approximate surface area is 119 Å². The minimum absolute atomic E-state index is 0.985. The van der Waals surface area contributed by atoms with Crippen LogP contribution in [0.25, 0.3) is 10.2 Å². The zero-order chi connectivity index (χ0) is 12.4. The predicted molar refractivity (Wildman–Crippen MR) is 80.1 cm³/mol. The van der Waals surface area contributed by atoms with Crippen LogP contribution in [-0.4, -0.2) is 36.1 Å². The first-order valence-corrected chi connectivity index (χ1v) is 7.90. The van der Waals surface area contributed by atoms with Gasteiger partial charge in [0, 0.05) is 17.6 Å². The molecule has 3 nitrogen and oxygen atoms in total. The SMILES string of the molecule is Brc1ccc2nc(CN3CCCNCC3)sc2c1. The summed E-state index contributed by atoms with van der Waals surface area (Å²) in [5, 5.41) is 4.66. The molecule has 1 N–H and O–H groups in total. The second-order valence-electron chi connectivity index (χ2n) is 4.60. The van der Waals surface area contributed by atoms with Crippen molar-refractivity contribution in [3.8, 4) is 0 Å². The van der Waals surface area contributed by atoms with Crippen molar-refractivity contribution in [3.63, 3.8) is 0 Å². The third-order valence-corrected chi connectivity index (χ3v) is 4.68. The number of aromatic nitrogens is 1. The Bertz CT molecular complexity index is 532. The van der Waals surface area contributed by atoms with Gasteiger partial charge in [-0.15, -0.1) is 11.3 Å². The summed E-state index contributed by atoms with van der Waals surface area (Å²) >= 11 is 5.32. The average Bonchev–Trinajstić information content (AvgIpc) is 2.57. The highest BCUT2D eigenvalue weighted by atomic mass is 79.9. The van der Waals surface area contributed by atoms with Gasteiger partial charge in [-0.05, 0) is 37.7 Å². The largest absolute Gasteiger partial charge is 0.315 e. The molecule has 0 saturated carbocycles. The van der Waals surface area contributed by atoms with Crippen LogP contribution in [0.15, 0.2) is 22.7 Å². The maximum Gasteiger partial charge on any atom is 0.108 e. The Morgan fingerprint density at radius 1 is 1.33 bits per heavy atom. The van der Waals surface area contributed by atoms with Gasteiger partial charge in [-0.3, -0.25) is 4.90 Å². The summed E-state index contributed by atoms with van der Waals surface area (Å²) in [7, 11) is 0. The number of fused-ring (bicyclic) bond motifs is 1. The Morgan fingerprint density at radius 2 is 2.28 bits per heavy atom. The van der Waals surface area contributed by atoms with E-state index in [0.717, 1.165) is 36.2 Å². The van der Waals surface area contributed by atoms with Crippen LogP contribution in [0.2, 0.25) is 0 Å². The molecule has 1 aromatic heterocycles. The fourth-order valence-corrected chi connectivity index (χ4v) is 3.83. The highest BCUT2D eigenvalue weighted by Crippen LogP contribution is 2.26. The van der Waals surface area contributed by atoms with Crippen LogP contribution >= 0.6 is 27.3 Å². The third-order valence-electron chi connectivity index (χ3n) is 3.19. The molecule has 2 heterocycles. The Kier molecular flexibility index (Phi) is 3.94. The molecule has 18 heavy (non-hydrogen) atoms. The number of benzene rings is 1. The van der Waals surface area contributed by atoms with Crippen LogP contribution in [0.3, 0.4) is 0 Å². The van der Waals surface area contributed by atoms with Gasteiger partial charge in [0.25, 0.3) is 0 Å². The maximum absolute atomic E-state index is 4.71. The number of halogens is 1. The molecule has 0 amide bonds. The molecule has 5 heteroatoms. The Hall–Kier alpha value is -0.490. The maximum atomic E-state index is 4.71. The van der Waals surface area contributed by atoms with E-state index in [-0.39, 0.29) is 0 Å². The second kappa shape index (κ2) is 5.65. The standard InChI is InChI=1S/C13H16BrN3S/c14-10-2-3-11-12(8-10)18-13(16-11)9-17-6-1-4-15-5-7-17/h2-3,8,15H,1,4-7,9H2. The van der Waals surface area contributed by atoms with Gasteiger partial charge in [0.05, 0.1) is 16.8 Å². The molecule has 0 unspecified atom stereocenters. The van der Waals surface area contributed by atoms with E-state index in [1.165, 1.54) is 22.7 Å². The van der Waals surface area contributed by atoms with Gasteiger partial charge in [0.2, 0.25) is 0 Å². The molecule has 0 radical (unpaired) electrons. The highest BCUT2D eigenvalue weighted by Gasteiger charge is 2.12. The summed E-state index contributed by atoms with van der Waals surface area (Å²) in [5.41, 5.74) is 1.12. The molecule has 1 saturated heterocycles. The Balaban J connectivity index is 1.77. The zero-order valence-electron chi connectivity index (χ0n) is 10.2. The van der Waals surface area contributed by atoms with E-state index < -0.39 is 0 Å². The first-order valence-electron chi connectivity index (χ1n) is 6.29. The highest BCUT2D eigenvalue weighted by molar-refractivity contribution is 9.10. The first-order chi connectivity index (χ1) is 8.81. The van der Waals surface area contributed by atoms with Crippen LogP contribution in [0.1, 0.15) is 11.4 Å². The molecule has 0 bridgehead atoms. The summed E-state index contributed by atoms with van der Waals surface area (Å²) in [6, 6.07) is 6.30. The summed E-state index contributed by atoms with van der Waals surface area (Å²) in [6.07, 6.45) is 1.23. The molecule has 1 aliphatic heterocycles. The van der Waals surface area contributed by atoms with Crippen LogP contribution in [0.5, 0.6) is 0 Å². The average molecular weight is 326 g/mol. The van der Waals surface area contributed by atoms with Gasteiger partial charge >= 0.3 is 0 Å². The van der Waals surface area contributed by atoms with Crippen LogP contribution in [0, 0.1) is 0 Å². The molecule has 0 aliphatic carbocycles. The molecular weight excluding hydrogens is 310 g/mol. The number of nitrogens with zero attached hydrogens (tertiary/aromatic N) is 2. The third kappa shape index (κ3) is 2.91. The van der Waals surface area contributed by atoms with Gasteiger partial charge in [-0.1, -0.05) is 15.9 Å². The topological polar surface area (TPSA) is 28.2 Å². The molecule has 1 aliphatic rings. The monoisotopic (exact) mass is 325 g/mol. The molecule has 3 rings (SSSR count). The van der Waals surface area contributed by atoms with E-state index in [9.17, 15) is 0 Å². The van der Waals surface area contributed by atoms with E-state index >= 15 is 0 Å². The summed E-state index contributed by atoms with van der Waals surface area (Å²) < 4.78 is 2.40. The number of thiazole rings is 1. The van der Waals surface area contributed by atoms with Crippen molar-refractivity contribution in [2.75, 3.05) is 26.2 Å². The quantitative estimate of drug-likeness (QED) is 0.920. The molecular formula is C13H16BrN3S. The van der Waals surface area contributed by atoms with Crippen LogP contribution < -0.4 is 5.32 Å². The van der Waals surface area contributed by atoms with Gasteiger partial charge in [0.1, 0.15) is 5.01 Å². The molecule has 0 atom stereocenters. The predicted octanol–water partition coefficient (Wildman–Crippen LogP) is 2.85. The van der Waals surface area contributed by atoms with E-state index in [2.05, 4.69) is 44.3 Å². The molecule has 96 valence electrons. The zero-order valence-corrected chi connectivity index (χ0v) is 12.6. The lowest BCUT2D eigenvalue weighted by Gasteiger charge is -2.17. The second-order valence-corrected chi connectivity index (χ2v) is 6.63. The van der Waals surface area contributed by atoms with Crippen LogP contribution in [-0.2, 0) is 6.54 Å². The minimum atomic E-state index is 0.985. The molecule has 1 aromatic carbocycles. The lowest BCUT2D eigenvalue weighted by Crippen LogP contribution is -2.27. The summed E-state index contributed by atoms with van der Waals surface area (Å²) in [5.74, 6) is 0. The molecule has 2 aromatic rings. The number of nitrogens with one attached hydrogen (secondary N) is 1. The van der Waals surface area contributed by atoms with Crippen molar-refractivity contribution in [1.29, 1.82) is 0 Å². The van der Waals surface area contributed by atoms with Crippen molar-refractivity contribution in [2.45, 2.75) is 13.0 Å². The number of hydrogen-bond acceptors (Lipinski definition) is 4. The fourth-order valence-electron chi connectivity index (χ4n) is 2.26. The number of hydrogen-bond donors (Lipinski definition) is 1. The van der Waals surface area contributed by atoms with Crippen molar-refractivity contribution in [3.05, 3.63) is 27.7 Å². The van der Waals surface area contributed by atoms with Crippen molar-refractivity contribution >= 4 is 37.5 Å². The summed E-state index contributed by atoms with van der Waals surface area (Å²) in [4.78, 5) is 7.21. The minimum Gasteiger partial charge on any atom is -0.315 e. The van der Waals surface area contributed by atoms with E-state index in [1.807, 2.05) is 11.3 Å². The lowest BCUT2D eigenvalue weighted by atomic mass is 10.3. The van der Waals surface area contributed by atoms with Crippen molar-refractivity contribution < 1.29 is 0 Å². The van der Waals surface area contributed by atoms with E-state index in [4.69, 9.17) is 4.98 Å². The Morgan fingerprint density at radius 3 is 3.22 bits per heavy atom. The van der Waals surface area contributed by atoms with Gasteiger partial charge in [-0.25, -0.2) is 4.98 Å². The smallest absolute Gasteiger partial charge is 0.108 e. The lowest BCUT2D eigenvalue weighted by molar-refractivity contribution is 0.284. The van der Waals surface area contributed by atoms with Gasteiger partial charge < -0.3 is 5.32 Å². The molecule has 0 spiro atoms. The first kappa shape index (κ1) is 12.5. The van der Waals surface area contributed by atoms with Crippen molar-refractivity contribution in [1.82, 2.24) is 15.2 Å². The van der Waals surface area contributed by atoms with Crippen molar-refractivity contribution in [2.24, 2.45) is 0 Å². The molecule has 1 fully saturated rings. The van der Waals surface area contributed by atoms with Gasteiger partial charge in [-0.2, -0.15) is 0 Å². The fraction of sp³-hybridized carbons (Fsp3) is 0.462. The van der Waals surface area contributed by atoms with Crippen LogP contribution in [0.4, 0.5) is 0 Å². The number of rotatable bonds is 2.